The number of nitrogens with one attached hydrogen (secondary N) is 1. The molecule has 0 radical (unpaired) electrons. The molecule has 1 heterocycles. The lowest BCUT2D eigenvalue weighted by molar-refractivity contribution is 0.598. The highest BCUT2D eigenvalue weighted by Gasteiger charge is 2.01. The quantitative estimate of drug-likeness (QED) is 0.706. The molecule has 0 atom stereocenters. The topological polar surface area (TPSA) is 98.0 Å². The number of aryl methyl sites for hydroxylation is 1. The van der Waals surface area contributed by atoms with Gasteiger partial charge in [-0.1, -0.05) is 0 Å². The van der Waals surface area contributed by atoms with E-state index in [4.69, 9.17) is 5.14 Å². The van der Waals surface area contributed by atoms with E-state index in [1.165, 1.54) is 0 Å². The number of anilines is 1. The maximum absolute atomic E-state index is 10.6. The first-order chi connectivity index (χ1) is 6.47. The normalized spacial score (nSPS) is 11.3. The van der Waals surface area contributed by atoms with Gasteiger partial charge in [0.25, 0.3) is 0 Å². The molecule has 0 aliphatic heterocycles. The largest absolute Gasteiger partial charge is 0.368 e. The van der Waals surface area contributed by atoms with E-state index < -0.39 is 10.0 Å². The van der Waals surface area contributed by atoms with Crippen molar-refractivity contribution in [2.45, 2.75) is 6.92 Å². The third-order valence-corrected chi connectivity index (χ3v) is 2.26. The van der Waals surface area contributed by atoms with Crippen LogP contribution in [-0.4, -0.2) is 30.9 Å². The molecule has 0 bridgehead atoms. The van der Waals surface area contributed by atoms with Crippen molar-refractivity contribution in [2.75, 3.05) is 17.6 Å². The van der Waals surface area contributed by atoms with E-state index in [1.54, 1.807) is 12.1 Å². The van der Waals surface area contributed by atoms with Crippen LogP contribution in [-0.2, 0) is 10.0 Å². The number of nitrogens with two attached hydrogens (primary N) is 1. The number of rotatable bonds is 4. The first kappa shape index (κ1) is 10.9. The minimum Gasteiger partial charge on any atom is -0.368 e. The van der Waals surface area contributed by atoms with Crippen molar-refractivity contribution >= 4 is 15.8 Å². The fourth-order valence-corrected chi connectivity index (χ4v) is 1.20. The van der Waals surface area contributed by atoms with E-state index in [2.05, 4.69) is 15.5 Å². The Bertz CT molecular complexity index is 387. The molecule has 1 aromatic rings. The van der Waals surface area contributed by atoms with Crippen LogP contribution < -0.4 is 10.5 Å². The number of hydrogen-bond donors (Lipinski definition) is 2. The standard InChI is InChI=1S/C7H12N4O2S/c1-6-2-3-7(11-10-6)9-4-5-14(8,12)13/h2-3H,4-5H2,1H3,(H,9,11)(H2,8,12,13). The molecular weight excluding hydrogens is 204 g/mol. The van der Waals surface area contributed by atoms with Crippen molar-refractivity contribution in [3.63, 3.8) is 0 Å². The Morgan fingerprint density at radius 3 is 2.64 bits per heavy atom. The van der Waals surface area contributed by atoms with Crippen LogP contribution >= 0.6 is 0 Å². The average Bonchev–Trinajstić information content (AvgIpc) is 2.06. The Morgan fingerprint density at radius 1 is 1.43 bits per heavy atom. The predicted octanol–water partition coefficient (Wildman–Crippen LogP) is -0.515. The van der Waals surface area contributed by atoms with Gasteiger partial charge in [-0.25, -0.2) is 13.6 Å². The van der Waals surface area contributed by atoms with E-state index >= 15 is 0 Å². The van der Waals surface area contributed by atoms with Gasteiger partial charge in [0.15, 0.2) is 0 Å². The van der Waals surface area contributed by atoms with E-state index in [0.29, 0.717) is 5.82 Å². The fourth-order valence-electron chi connectivity index (χ4n) is 0.815. The van der Waals surface area contributed by atoms with Crippen molar-refractivity contribution in [1.82, 2.24) is 10.2 Å². The minimum absolute atomic E-state index is 0.122. The Kier molecular flexibility index (Phi) is 3.37. The molecule has 0 unspecified atom stereocenters. The monoisotopic (exact) mass is 216 g/mol. The van der Waals surface area contributed by atoms with Gasteiger partial charge in [-0.05, 0) is 19.1 Å². The molecule has 6 nitrogen and oxygen atoms in total. The molecule has 0 saturated heterocycles. The summed E-state index contributed by atoms with van der Waals surface area (Å²) in [4.78, 5) is 0. The molecule has 0 aromatic carbocycles. The summed E-state index contributed by atoms with van der Waals surface area (Å²) in [5.41, 5.74) is 0.807. The van der Waals surface area contributed by atoms with Gasteiger partial charge in [-0.2, -0.15) is 5.10 Å². The number of sulfonamides is 1. The van der Waals surface area contributed by atoms with E-state index in [0.717, 1.165) is 5.69 Å². The number of aromatic nitrogens is 2. The van der Waals surface area contributed by atoms with E-state index in [9.17, 15) is 8.42 Å². The summed E-state index contributed by atoms with van der Waals surface area (Å²) in [6.07, 6.45) is 0. The summed E-state index contributed by atoms with van der Waals surface area (Å²) < 4.78 is 21.2. The van der Waals surface area contributed by atoms with Gasteiger partial charge in [-0.3, -0.25) is 0 Å². The highest BCUT2D eigenvalue weighted by molar-refractivity contribution is 7.89. The average molecular weight is 216 g/mol. The zero-order valence-electron chi connectivity index (χ0n) is 7.77. The van der Waals surface area contributed by atoms with Crippen LogP contribution in [0.1, 0.15) is 5.69 Å². The molecule has 0 aliphatic rings. The third kappa shape index (κ3) is 4.15. The Hall–Kier alpha value is -1.21. The summed E-state index contributed by atoms with van der Waals surface area (Å²) in [6.45, 7) is 2.05. The molecular formula is C7H12N4O2S. The molecule has 14 heavy (non-hydrogen) atoms. The first-order valence-electron chi connectivity index (χ1n) is 4.02. The molecule has 0 aliphatic carbocycles. The molecule has 0 spiro atoms. The lowest BCUT2D eigenvalue weighted by Gasteiger charge is -2.02. The number of nitrogens with zero attached hydrogens (tertiary/aromatic N) is 2. The maximum atomic E-state index is 10.6. The van der Waals surface area contributed by atoms with Gasteiger partial charge < -0.3 is 5.32 Å². The molecule has 1 rings (SSSR count). The smallest absolute Gasteiger partial charge is 0.210 e. The van der Waals surface area contributed by atoms with Gasteiger partial charge in [0.05, 0.1) is 11.4 Å². The third-order valence-electron chi connectivity index (χ3n) is 1.49. The molecule has 0 fully saturated rings. The number of hydrogen-bond acceptors (Lipinski definition) is 5. The SMILES string of the molecule is Cc1ccc(NCCS(N)(=O)=O)nn1. The van der Waals surface area contributed by atoms with Crippen LogP contribution in [0, 0.1) is 6.92 Å². The van der Waals surface area contributed by atoms with Gasteiger partial charge in [0.2, 0.25) is 10.0 Å². The number of primary sulfonamides is 1. The van der Waals surface area contributed by atoms with Crippen LogP contribution in [0.3, 0.4) is 0 Å². The highest BCUT2D eigenvalue weighted by atomic mass is 32.2. The maximum Gasteiger partial charge on any atom is 0.210 e. The van der Waals surface area contributed by atoms with Crippen molar-refractivity contribution in [2.24, 2.45) is 5.14 Å². The molecule has 78 valence electrons. The van der Waals surface area contributed by atoms with Gasteiger partial charge in [0.1, 0.15) is 5.82 Å². The second kappa shape index (κ2) is 4.34. The first-order valence-corrected chi connectivity index (χ1v) is 5.73. The molecule has 0 amide bonds. The van der Waals surface area contributed by atoms with Crippen LogP contribution in [0.15, 0.2) is 12.1 Å². The molecule has 0 saturated carbocycles. The van der Waals surface area contributed by atoms with Crippen molar-refractivity contribution in [1.29, 1.82) is 0 Å². The van der Waals surface area contributed by atoms with Gasteiger partial charge >= 0.3 is 0 Å². The van der Waals surface area contributed by atoms with E-state index in [1.807, 2.05) is 6.92 Å². The lowest BCUT2D eigenvalue weighted by Crippen LogP contribution is -2.22. The highest BCUT2D eigenvalue weighted by Crippen LogP contribution is 1.99. The summed E-state index contributed by atoms with van der Waals surface area (Å²) in [7, 11) is -3.41. The zero-order valence-corrected chi connectivity index (χ0v) is 8.58. The summed E-state index contributed by atoms with van der Waals surface area (Å²) in [5, 5.41) is 15.2. The molecule has 3 N–H and O–H groups in total. The lowest BCUT2D eigenvalue weighted by atomic mass is 10.4. The van der Waals surface area contributed by atoms with Crippen LogP contribution in [0.5, 0.6) is 0 Å². The van der Waals surface area contributed by atoms with E-state index in [-0.39, 0.29) is 12.3 Å². The Balaban J connectivity index is 2.43. The van der Waals surface area contributed by atoms with Crippen molar-refractivity contribution < 1.29 is 8.42 Å². The van der Waals surface area contributed by atoms with Crippen LogP contribution in [0.4, 0.5) is 5.82 Å². The van der Waals surface area contributed by atoms with Gasteiger partial charge in [-0.15, -0.1) is 5.10 Å². The predicted molar refractivity (Wildman–Crippen MR) is 53.2 cm³/mol. The minimum atomic E-state index is -3.41. The zero-order chi connectivity index (χ0) is 10.6. The van der Waals surface area contributed by atoms with Crippen LogP contribution in [0.25, 0.3) is 0 Å². The van der Waals surface area contributed by atoms with Crippen LogP contribution in [0.2, 0.25) is 0 Å². The molecule has 7 heteroatoms. The molecule has 1 aromatic heterocycles. The Labute approximate surface area is 82.6 Å². The summed E-state index contributed by atoms with van der Waals surface area (Å²) in [5.74, 6) is 0.419. The fraction of sp³-hybridized carbons (Fsp3) is 0.429. The summed E-state index contributed by atoms with van der Waals surface area (Å²) in [6, 6.07) is 3.51. The van der Waals surface area contributed by atoms with Crippen molar-refractivity contribution in [3.05, 3.63) is 17.8 Å². The summed E-state index contributed by atoms with van der Waals surface area (Å²) >= 11 is 0. The second-order valence-electron chi connectivity index (χ2n) is 2.85. The Morgan fingerprint density at radius 2 is 2.14 bits per heavy atom. The van der Waals surface area contributed by atoms with Gasteiger partial charge in [0, 0.05) is 6.54 Å². The van der Waals surface area contributed by atoms with Crippen molar-refractivity contribution in [3.8, 4) is 0 Å². The second-order valence-corrected chi connectivity index (χ2v) is 4.59.